The summed E-state index contributed by atoms with van der Waals surface area (Å²) in [5, 5.41) is 14.3. The van der Waals surface area contributed by atoms with Crippen molar-refractivity contribution in [3.05, 3.63) is 75.6 Å². The van der Waals surface area contributed by atoms with Crippen LogP contribution < -0.4 is 10.1 Å². The van der Waals surface area contributed by atoms with E-state index in [9.17, 15) is 14.7 Å². The minimum Gasteiger partial charge on any atom is -0.497 e. The predicted molar refractivity (Wildman–Crippen MR) is 115 cm³/mol. The summed E-state index contributed by atoms with van der Waals surface area (Å²) in [6.07, 6.45) is 3.02. The molecule has 0 aliphatic carbocycles. The van der Waals surface area contributed by atoms with Gasteiger partial charge in [0.2, 0.25) is 5.91 Å². The van der Waals surface area contributed by atoms with Crippen LogP contribution in [0.15, 0.2) is 64.5 Å². The lowest BCUT2D eigenvalue weighted by molar-refractivity contribution is -0.111. The molecule has 1 heterocycles. The molecule has 1 amide bonds. The van der Waals surface area contributed by atoms with Crippen LogP contribution in [-0.2, 0) is 4.79 Å². The van der Waals surface area contributed by atoms with Crippen molar-refractivity contribution in [1.29, 1.82) is 0 Å². The van der Waals surface area contributed by atoms with Gasteiger partial charge in [-0.15, -0.1) is 11.3 Å². The van der Waals surface area contributed by atoms with Gasteiger partial charge >= 0.3 is 5.97 Å². The van der Waals surface area contributed by atoms with Crippen molar-refractivity contribution in [2.45, 2.75) is 0 Å². The number of amides is 1. The zero-order valence-corrected chi connectivity index (χ0v) is 17.2. The molecule has 0 saturated heterocycles. The molecule has 3 aromatic rings. The number of methoxy groups -OCH3 is 1. The number of benzene rings is 2. The molecule has 0 radical (unpaired) electrons. The number of nitrogens with one attached hydrogen (secondary N) is 1. The first-order chi connectivity index (χ1) is 13.5. The minimum absolute atomic E-state index is 0.0820. The van der Waals surface area contributed by atoms with E-state index in [1.807, 2.05) is 36.4 Å². The lowest BCUT2D eigenvalue weighted by Crippen LogP contribution is -2.10. The van der Waals surface area contributed by atoms with Crippen LogP contribution in [-0.4, -0.2) is 24.1 Å². The van der Waals surface area contributed by atoms with Gasteiger partial charge in [-0.3, -0.25) is 4.79 Å². The van der Waals surface area contributed by atoms with Gasteiger partial charge in [0.25, 0.3) is 0 Å². The van der Waals surface area contributed by atoms with Gasteiger partial charge in [-0.1, -0.05) is 40.2 Å². The molecule has 0 bridgehead atoms. The number of hydrogen-bond acceptors (Lipinski definition) is 4. The van der Waals surface area contributed by atoms with Crippen LogP contribution in [0.2, 0.25) is 0 Å². The Balaban J connectivity index is 1.79. The standard InChI is InChI=1S/C21H16BrNO4S/c1-27-16-9-2-13(3-10-16)4-11-18(24)23-20-19(21(25)26)17(12-28-20)14-5-7-15(22)8-6-14/h2-12H,1H3,(H,23,24)(H,25,26)/b11-4+. The third-order valence-electron chi connectivity index (χ3n) is 3.94. The molecule has 0 fully saturated rings. The molecule has 5 nitrogen and oxygen atoms in total. The maximum Gasteiger partial charge on any atom is 0.339 e. The number of rotatable bonds is 6. The number of ether oxygens (including phenoxy) is 1. The van der Waals surface area contributed by atoms with E-state index in [4.69, 9.17) is 4.74 Å². The predicted octanol–water partition coefficient (Wildman–Crippen LogP) is 5.54. The van der Waals surface area contributed by atoms with Crippen molar-refractivity contribution in [3.8, 4) is 16.9 Å². The first-order valence-electron chi connectivity index (χ1n) is 8.22. The monoisotopic (exact) mass is 457 g/mol. The van der Waals surface area contributed by atoms with Gasteiger partial charge in [-0.05, 0) is 41.5 Å². The zero-order valence-electron chi connectivity index (χ0n) is 14.8. The van der Waals surface area contributed by atoms with Crippen LogP contribution in [0, 0.1) is 0 Å². The molecule has 0 atom stereocenters. The van der Waals surface area contributed by atoms with Gasteiger partial charge in [-0.25, -0.2) is 4.79 Å². The molecule has 0 unspecified atom stereocenters. The third kappa shape index (κ3) is 4.68. The van der Waals surface area contributed by atoms with Crippen LogP contribution in [0.4, 0.5) is 5.00 Å². The molecule has 142 valence electrons. The fraction of sp³-hybridized carbons (Fsp3) is 0.0476. The van der Waals surface area contributed by atoms with E-state index < -0.39 is 11.9 Å². The summed E-state index contributed by atoms with van der Waals surface area (Å²) in [6, 6.07) is 14.6. The Hall–Kier alpha value is -2.90. The fourth-order valence-corrected chi connectivity index (χ4v) is 3.77. The van der Waals surface area contributed by atoms with Gasteiger partial charge in [0.05, 0.1) is 7.11 Å². The van der Waals surface area contributed by atoms with Crippen molar-refractivity contribution < 1.29 is 19.4 Å². The second-order valence-corrected chi connectivity index (χ2v) is 7.56. The molecule has 7 heteroatoms. The van der Waals surface area contributed by atoms with Crippen LogP contribution in [0.1, 0.15) is 15.9 Å². The highest BCUT2D eigenvalue weighted by atomic mass is 79.9. The van der Waals surface area contributed by atoms with Crippen molar-refractivity contribution >= 4 is 50.2 Å². The van der Waals surface area contributed by atoms with Crippen LogP contribution in [0.25, 0.3) is 17.2 Å². The lowest BCUT2D eigenvalue weighted by Gasteiger charge is -2.05. The second-order valence-electron chi connectivity index (χ2n) is 5.76. The lowest BCUT2D eigenvalue weighted by atomic mass is 10.0. The Bertz CT molecular complexity index is 1020. The first kappa shape index (κ1) is 19.9. The number of halogens is 1. The van der Waals surface area contributed by atoms with Crippen LogP contribution >= 0.6 is 27.3 Å². The van der Waals surface area contributed by atoms with Crippen LogP contribution in [0.5, 0.6) is 5.75 Å². The molecule has 0 aliphatic heterocycles. The number of thiophene rings is 1. The average Bonchev–Trinajstić information content (AvgIpc) is 3.11. The van der Waals surface area contributed by atoms with Crippen molar-refractivity contribution in [2.75, 3.05) is 12.4 Å². The maximum atomic E-state index is 12.3. The third-order valence-corrected chi connectivity index (χ3v) is 5.36. The quantitative estimate of drug-likeness (QED) is 0.476. The summed E-state index contributed by atoms with van der Waals surface area (Å²) in [7, 11) is 1.59. The van der Waals surface area contributed by atoms with Crippen LogP contribution in [0.3, 0.4) is 0 Å². The van der Waals surface area contributed by atoms with Gasteiger partial charge in [0.15, 0.2) is 0 Å². The summed E-state index contributed by atoms with van der Waals surface area (Å²) in [6.45, 7) is 0. The minimum atomic E-state index is -1.09. The van der Waals surface area contributed by atoms with Crippen molar-refractivity contribution in [2.24, 2.45) is 0 Å². The zero-order chi connectivity index (χ0) is 20.1. The Kier molecular flexibility index (Phi) is 6.28. The van der Waals surface area contributed by atoms with E-state index in [2.05, 4.69) is 21.2 Å². The van der Waals surface area contributed by atoms with E-state index in [0.29, 0.717) is 10.6 Å². The fourth-order valence-electron chi connectivity index (χ4n) is 2.54. The number of aromatic carboxylic acids is 1. The summed E-state index contributed by atoms with van der Waals surface area (Å²) in [5.41, 5.74) is 2.25. The van der Waals surface area contributed by atoms with E-state index in [1.165, 1.54) is 17.4 Å². The summed E-state index contributed by atoms with van der Waals surface area (Å²) >= 11 is 4.55. The van der Waals surface area contributed by atoms with E-state index >= 15 is 0 Å². The van der Waals surface area contributed by atoms with E-state index in [-0.39, 0.29) is 5.56 Å². The molecule has 28 heavy (non-hydrogen) atoms. The summed E-state index contributed by atoms with van der Waals surface area (Å²) < 4.78 is 6.00. The average molecular weight is 458 g/mol. The summed E-state index contributed by atoms with van der Waals surface area (Å²) in [4.78, 5) is 24.0. The highest BCUT2D eigenvalue weighted by Crippen LogP contribution is 2.36. The number of hydrogen-bond donors (Lipinski definition) is 2. The molecule has 0 spiro atoms. The Morgan fingerprint density at radius 1 is 1.11 bits per heavy atom. The number of carboxylic acids is 1. The molecule has 1 aromatic heterocycles. The molecular weight excluding hydrogens is 442 g/mol. The number of carbonyl (C=O) groups is 2. The molecule has 0 aliphatic rings. The second kappa shape index (κ2) is 8.86. The SMILES string of the molecule is COc1ccc(/C=C/C(=O)Nc2scc(-c3ccc(Br)cc3)c2C(=O)O)cc1. The maximum absolute atomic E-state index is 12.3. The van der Waals surface area contributed by atoms with E-state index in [1.54, 1.807) is 30.7 Å². The topological polar surface area (TPSA) is 75.6 Å². The number of carboxylic acid groups (broad SMARTS) is 1. The molecular formula is C21H16BrNO4S. The number of anilines is 1. The molecule has 2 N–H and O–H groups in total. The number of carbonyl (C=O) groups excluding carboxylic acids is 1. The highest BCUT2D eigenvalue weighted by molar-refractivity contribution is 9.10. The molecule has 2 aromatic carbocycles. The highest BCUT2D eigenvalue weighted by Gasteiger charge is 2.20. The molecule has 3 rings (SSSR count). The Morgan fingerprint density at radius 3 is 2.39 bits per heavy atom. The van der Waals surface area contributed by atoms with Gasteiger partial charge in [-0.2, -0.15) is 0 Å². The Morgan fingerprint density at radius 2 is 1.79 bits per heavy atom. The van der Waals surface area contributed by atoms with Crippen molar-refractivity contribution in [1.82, 2.24) is 0 Å². The first-order valence-corrected chi connectivity index (χ1v) is 9.89. The van der Waals surface area contributed by atoms with E-state index in [0.717, 1.165) is 21.3 Å². The van der Waals surface area contributed by atoms with Gasteiger partial charge < -0.3 is 15.2 Å². The molecule has 0 saturated carbocycles. The summed E-state index contributed by atoms with van der Waals surface area (Å²) in [5.74, 6) is -0.761. The van der Waals surface area contributed by atoms with Gasteiger partial charge in [0, 0.05) is 21.5 Å². The smallest absolute Gasteiger partial charge is 0.339 e. The normalized spacial score (nSPS) is 10.8. The Labute approximate surface area is 174 Å². The largest absolute Gasteiger partial charge is 0.497 e. The van der Waals surface area contributed by atoms with Gasteiger partial charge in [0.1, 0.15) is 16.3 Å². The van der Waals surface area contributed by atoms with Crippen molar-refractivity contribution in [3.63, 3.8) is 0 Å².